The van der Waals surface area contributed by atoms with E-state index in [2.05, 4.69) is 39.2 Å². The van der Waals surface area contributed by atoms with Gasteiger partial charge in [0.05, 0.1) is 13.2 Å². The van der Waals surface area contributed by atoms with Gasteiger partial charge >= 0.3 is 0 Å². The smallest absolute Gasteiger partial charge is 0.253 e. The summed E-state index contributed by atoms with van der Waals surface area (Å²) in [5.74, 6) is 0.717. The molecule has 0 aliphatic carbocycles. The third-order valence-electron chi connectivity index (χ3n) is 6.85. The number of pyridine rings is 2. The van der Waals surface area contributed by atoms with Crippen molar-refractivity contribution in [2.45, 2.75) is 34.2 Å². The summed E-state index contributed by atoms with van der Waals surface area (Å²) in [5, 5.41) is 2.96. The molecule has 1 amide bonds. The fourth-order valence-electron chi connectivity index (χ4n) is 4.57. The minimum atomic E-state index is -0.211. The number of anilines is 2. The van der Waals surface area contributed by atoms with E-state index in [1.165, 1.54) is 0 Å². The van der Waals surface area contributed by atoms with E-state index in [4.69, 9.17) is 9.72 Å². The number of morpholine rings is 1. The second kappa shape index (κ2) is 11.0. The molecule has 0 atom stereocenters. The predicted molar refractivity (Wildman–Crippen MR) is 144 cm³/mol. The Morgan fingerprint density at radius 3 is 2.53 bits per heavy atom. The monoisotopic (exact) mass is 489 g/mol. The number of benzene rings is 1. The van der Waals surface area contributed by atoms with Crippen LogP contribution in [0, 0.1) is 20.8 Å². The highest BCUT2D eigenvalue weighted by molar-refractivity contribution is 5.98. The van der Waals surface area contributed by atoms with Crippen molar-refractivity contribution >= 4 is 17.4 Å². The van der Waals surface area contributed by atoms with E-state index < -0.39 is 0 Å². The maximum Gasteiger partial charge on any atom is 0.253 e. The summed E-state index contributed by atoms with van der Waals surface area (Å²) in [5.41, 5.74) is 6.39. The van der Waals surface area contributed by atoms with Crippen molar-refractivity contribution < 1.29 is 9.53 Å². The summed E-state index contributed by atoms with van der Waals surface area (Å²) in [6, 6.07) is 10.0. The molecule has 36 heavy (non-hydrogen) atoms. The first-order chi connectivity index (χ1) is 17.3. The van der Waals surface area contributed by atoms with Crippen molar-refractivity contribution in [2.24, 2.45) is 0 Å². The Labute approximate surface area is 212 Å². The number of carbonyl (C=O) groups excluding carboxylic acids is 1. The number of ether oxygens (including phenoxy) is 1. The second-order valence-corrected chi connectivity index (χ2v) is 9.31. The summed E-state index contributed by atoms with van der Waals surface area (Å²) >= 11 is 0. The summed E-state index contributed by atoms with van der Waals surface area (Å²) in [6.07, 6.45) is 1.86. The molecule has 8 nitrogen and oxygen atoms in total. The molecule has 3 heterocycles. The Bertz CT molecular complexity index is 1290. The van der Waals surface area contributed by atoms with E-state index in [0.717, 1.165) is 59.1 Å². The molecule has 4 rings (SSSR count). The first kappa shape index (κ1) is 25.4. The molecule has 0 bridgehead atoms. The number of rotatable bonds is 7. The SMILES string of the molecule is CCN(C)c1cc(-c2ccc(N3CCOCC3)nc2)cc(C(=O)NCc2c(C)cc(C)[nH]c2=O)c1C. The standard InChI is InChI=1S/C28H35N5O3/c1-6-32(5)25-15-22(21-7-8-26(29-16-21)33-9-11-36-12-10-33)14-23(20(25)4)27(34)30-17-24-18(2)13-19(3)31-28(24)35/h7-8,13-16H,6,9-12,17H2,1-5H3,(H,30,34)(H,31,35). The molecule has 0 saturated carbocycles. The number of H-pyrrole nitrogens is 1. The molecule has 1 aromatic carbocycles. The minimum absolute atomic E-state index is 0.165. The van der Waals surface area contributed by atoms with Crippen molar-refractivity contribution in [3.8, 4) is 11.1 Å². The summed E-state index contributed by atoms with van der Waals surface area (Å²) in [4.78, 5) is 37.6. The Morgan fingerprint density at radius 2 is 1.89 bits per heavy atom. The highest BCUT2D eigenvalue weighted by atomic mass is 16.5. The van der Waals surface area contributed by atoms with Gasteiger partial charge in [-0.25, -0.2) is 4.98 Å². The molecule has 1 aliphatic rings. The van der Waals surface area contributed by atoms with Crippen LogP contribution in [0.4, 0.5) is 11.5 Å². The van der Waals surface area contributed by atoms with Crippen molar-refractivity contribution in [3.05, 3.63) is 74.8 Å². The van der Waals surface area contributed by atoms with Crippen LogP contribution in [0.1, 0.15) is 39.7 Å². The van der Waals surface area contributed by atoms with Crippen LogP contribution in [0.25, 0.3) is 11.1 Å². The Kier molecular flexibility index (Phi) is 7.74. The molecule has 3 aromatic rings. The fourth-order valence-corrected chi connectivity index (χ4v) is 4.57. The van der Waals surface area contributed by atoms with Crippen LogP contribution >= 0.6 is 0 Å². The summed E-state index contributed by atoms with van der Waals surface area (Å²) in [7, 11) is 2.02. The summed E-state index contributed by atoms with van der Waals surface area (Å²) in [6.45, 7) is 11.8. The maximum atomic E-state index is 13.4. The van der Waals surface area contributed by atoms with Gasteiger partial charge in [0.15, 0.2) is 0 Å². The zero-order chi connectivity index (χ0) is 25.8. The van der Waals surface area contributed by atoms with Crippen molar-refractivity contribution in [1.29, 1.82) is 0 Å². The van der Waals surface area contributed by atoms with Gasteiger partial charge in [0.1, 0.15) is 5.82 Å². The zero-order valence-corrected chi connectivity index (χ0v) is 21.8. The number of nitrogens with one attached hydrogen (secondary N) is 2. The van der Waals surface area contributed by atoms with E-state index in [1.807, 2.05) is 52.2 Å². The van der Waals surface area contributed by atoms with Gasteiger partial charge in [0.25, 0.3) is 11.5 Å². The minimum Gasteiger partial charge on any atom is -0.378 e. The molecule has 2 aromatic heterocycles. The van der Waals surface area contributed by atoms with Gasteiger partial charge in [-0.15, -0.1) is 0 Å². The van der Waals surface area contributed by atoms with Gasteiger partial charge in [0.2, 0.25) is 0 Å². The van der Waals surface area contributed by atoms with Crippen molar-refractivity contribution in [2.75, 3.05) is 49.7 Å². The lowest BCUT2D eigenvalue weighted by atomic mass is 9.97. The number of aromatic amines is 1. The lowest BCUT2D eigenvalue weighted by Crippen LogP contribution is -2.36. The zero-order valence-electron chi connectivity index (χ0n) is 21.8. The normalized spacial score (nSPS) is 13.5. The van der Waals surface area contributed by atoms with Crippen molar-refractivity contribution in [1.82, 2.24) is 15.3 Å². The number of amides is 1. The maximum absolute atomic E-state index is 13.4. The van der Waals surface area contributed by atoms with Crippen LogP contribution in [0.2, 0.25) is 0 Å². The molecular formula is C28H35N5O3. The van der Waals surface area contributed by atoms with Gasteiger partial charge in [-0.1, -0.05) is 0 Å². The largest absolute Gasteiger partial charge is 0.378 e. The second-order valence-electron chi connectivity index (χ2n) is 9.31. The van der Waals surface area contributed by atoms with E-state index in [9.17, 15) is 9.59 Å². The molecule has 1 aliphatic heterocycles. The Balaban J connectivity index is 1.64. The molecule has 190 valence electrons. The molecule has 0 unspecified atom stereocenters. The number of aromatic nitrogens is 2. The van der Waals surface area contributed by atoms with E-state index in [0.29, 0.717) is 24.3 Å². The highest BCUT2D eigenvalue weighted by Gasteiger charge is 2.18. The molecule has 1 saturated heterocycles. The topological polar surface area (TPSA) is 90.6 Å². The van der Waals surface area contributed by atoms with Gasteiger partial charge in [-0.3, -0.25) is 9.59 Å². The molecule has 0 spiro atoms. The fraction of sp³-hybridized carbons (Fsp3) is 0.393. The van der Waals surface area contributed by atoms with Crippen LogP contribution in [0.15, 0.2) is 41.3 Å². The van der Waals surface area contributed by atoms with Crippen molar-refractivity contribution in [3.63, 3.8) is 0 Å². The van der Waals surface area contributed by atoms with Crippen LogP contribution < -0.4 is 20.7 Å². The van der Waals surface area contributed by atoms with Gasteiger partial charge in [-0.2, -0.15) is 0 Å². The molecule has 2 N–H and O–H groups in total. The van der Waals surface area contributed by atoms with Crippen LogP contribution in [0.5, 0.6) is 0 Å². The number of carbonyl (C=O) groups is 1. The molecule has 0 radical (unpaired) electrons. The average molecular weight is 490 g/mol. The lowest BCUT2D eigenvalue weighted by Gasteiger charge is -2.28. The number of nitrogens with zero attached hydrogens (tertiary/aromatic N) is 3. The third-order valence-corrected chi connectivity index (χ3v) is 6.85. The Morgan fingerprint density at radius 1 is 1.14 bits per heavy atom. The first-order valence-electron chi connectivity index (χ1n) is 12.4. The first-order valence-corrected chi connectivity index (χ1v) is 12.4. The van der Waals surface area contributed by atoms with Gasteiger partial charge in [-0.05, 0) is 74.7 Å². The average Bonchev–Trinajstić information content (AvgIpc) is 2.88. The molecule has 1 fully saturated rings. The predicted octanol–water partition coefficient (Wildman–Crippen LogP) is 3.58. The van der Waals surface area contributed by atoms with E-state index in [1.54, 1.807) is 0 Å². The van der Waals surface area contributed by atoms with Crippen LogP contribution in [-0.2, 0) is 11.3 Å². The number of hydrogen-bond acceptors (Lipinski definition) is 6. The molecular weight excluding hydrogens is 454 g/mol. The van der Waals surface area contributed by atoms with Gasteiger partial charge < -0.3 is 24.8 Å². The third kappa shape index (κ3) is 5.44. The van der Waals surface area contributed by atoms with E-state index in [-0.39, 0.29) is 18.0 Å². The quantitative estimate of drug-likeness (QED) is 0.527. The number of aryl methyl sites for hydroxylation is 2. The van der Waals surface area contributed by atoms with Crippen LogP contribution in [-0.4, -0.2) is 55.8 Å². The van der Waals surface area contributed by atoms with Crippen LogP contribution in [0.3, 0.4) is 0 Å². The van der Waals surface area contributed by atoms with Gasteiger partial charge in [0, 0.05) is 67.5 Å². The lowest BCUT2D eigenvalue weighted by molar-refractivity contribution is 0.0950. The number of hydrogen-bond donors (Lipinski definition) is 2. The van der Waals surface area contributed by atoms with E-state index >= 15 is 0 Å². The Hall–Kier alpha value is -3.65. The summed E-state index contributed by atoms with van der Waals surface area (Å²) < 4.78 is 5.44. The molecule has 8 heteroatoms. The highest BCUT2D eigenvalue weighted by Crippen LogP contribution is 2.31.